The first-order valence-electron chi connectivity index (χ1n) is 6.86. The highest BCUT2D eigenvalue weighted by Crippen LogP contribution is 2.19. The fourth-order valence-corrected chi connectivity index (χ4v) is 2.26. The largest absolute Gasteiger partial charge is 0.478 e. The van der Waals surface area contributed by atoms with Gasteiger partial charge in [-0.1, -0.05) is 18.2 Å². The minimum absolute atomic E-state index is 0.225. The Hall–Kier alpha value is -2.40. The van der Waals surface area contributed by atoms with Gasteiger partial charge < -0.3 is 15.7 Å². The molecule has 0 aliphatic carbocycles. The third kappa shape index (κ3) is 3.83. The minimum Gasteiger partial charge on any atom is -0.478 e. The molecular weight excluding hydrogens is 296 g/mol. The number of rotatable bonds is 3. The topological polar surface area (TPSA) is 61.4 Å². The third-order valence-electron chi connectivity index (χ3n) is 3.37. The highest BCUT2D eigenvalue weighted by molar-refractivity contribution is 7.80. The number of aryl methyl sites for hydroxylation is 3. The molecule has 0 aromatic heterocycles. The maximum absolute atomic E-state index is 11.0. The molecule has 22 heavy (non-hydrogen) atoms. The van der Waals surface area contributed by atoms with Crippen molar-refractivity contribution in [2.24, 2.45) is 0 Å². The van der Waals surface area contributed by atoms with Gasteiger partial charge >= 0.3 is 5.97 Å². The average molecular weight is 314 g/mol. The molecule has 0 saturated carbocycles. The summed E-state index contributed by atoms with van der Waals surface area (Å²) in [5.41, 5.74) is 5.00. The van der Waals surface area contributed by atoms with Crippen LogP contribution >= 0.6 is 12.2 Å². The van der Waals surface area contributed by atoms with Crippen LogP contribution in [0.15, 0.2) is 36.4 Å². The molecule has 0 fully saturated rings. The van der Waals surface area contributed by atoms with Gasteiger partial charge in [-0.3, -0.25) is 0 Å². The fourth-order valence-electron chi connectivity index (χ4n) is 2.04. The number of anilines is 2. The molecule has 0 saturated heterocycles. The van der Waals surface area contributed by atoms with Gasteiger partial charge in [0.2, 0.25) is 0 Å². The van der Waals surface area contributed by atoms with Crippen molar-refractivity contribution in [2.45, 2.75) is 20.8 Å². The van der Waals surface area contributed by atoms with Crippen LogP contribution in [-0.4, -0.2) is 16.2 Å². The maximum Gasteiger partial charge on any atom is 0.335 e. The lowest BCUT2D eigenvalue weighted by molar-refractivity contribution is 0.0697. The van der Waals surface area contributed by atoms with E-state index in [1.807, 2.05) is 39.0 Å². The van der Waals surface area contributed by atoms with Crippen LogP contribution in [0.3, 0.4) is 0 Å². The Kier molecular flexibility index (Phi) is 4.78. The van der Waals surface area contributed by atoms with Gasteiger partial charge in [-0.25, -0.2) is 4.79 Å². The van der Waals surface area contributed by atoms with Gasteiger partial charge in [0.25, 0.3) is 0 Å². The van der Waals surface area contributed by atoms with Crippen LogP contribution in [0.4, 0.5) is 11.4 Å². The number of nitrogens with one attached hydrogen (secondary N) is 2. The molecule has 0 radical (unpaired) electrons. The average Bonchev–Trinajstić information content (AvgIpc) is 2.45. The number of benzene rings is 2. The van der Waals surface area contributed by atoms with E-state index in [1.165, 1.54) is 0 Å². The van der Waals surface area contributed by atoms with Crippen molar-refractivity contribution < 1.29 is 9.90 Å². The third-order valence-corrected chi connectivity index (χ3v) is 3.58. The Morgan fingerprint density at radius 2 is 1.50 bits per heavy atom. The number of carboxylic acid groups (broad SMARTS) is 1. The first-order chi connectivity index (χ1) is 10.4. The van der Waals surface area contributed by atoms with Crippen molar-refractivity contribution in [2.75, 3.05) is 10.6 Å². The molecule has 2 aromatic carbocycles. The quantitative estimate of drug-likeness (QED) is 0.744. The molecule has 2 aromatic rings. The van der Waals surface area contributed by atoms with E-state index in [9.17, 15) is 4.79 Å². The van der Waals surface area contributed by atoms with Crippen LogP contribution < -0.4 is 10.6 Å². The zero-order valence-electron chi connectivity index (χ0n) is 12.7. The van der Waals surface area contributed by atoms with E-state index in [0.717, 1.165) is 22.4 Å². The van der Waals surface area contributed by atoms with Crippen LogP contribution in [-0.2, 0) is 0 Å². The summed E-state index contributed by atoms with van der Waals surface area (Å²) in [5.74, 6) is -0.962. The van der Waals surface area contributed by atoms with E-state index >= 15 is 0 Å². The van der Waals surface area contributed by atoms with Gasteiger partial charge in [0.1, 0.15) is 0 Å². The summed E-state index contributed by atoms with van der Waals surface area (Å²) in [6, 6.07) is 11.0. The minimum atomic E-state index is -0.962. The number of hydrogen-bond donors (Lipinski definition) is 3. The normalized spacial score (nSPS) is 10.1. The van der Waals surface area contributed by atoms with Crippen LogP contribution in [0.1, 0.15) is 27.0 Å². The summed E-state index contributed by atoms with van der Waals surface area (Å²) in [7, 11) is 0. The second-order valence-electron chi connectivity index (χ2n) is 5.23. The van der Waals surface area contributed by atoms with Gasteiger partial charge in [-0.05, 0) is 67.9 Å². The lowest BCUT2D eigenvalue weighted by atomic mass is 10.1. The smallest absolute Gasteiger partial charge is 0.335 e. The lowest BCUT2D eigenvalue weighted by Crippen LogP contribution is -2.20. The van der Waals surface area contributed by atoms with Crippen LogP contribution in [0.2, 0.25) is 0 Å². The Morgan fingerprint density at radius 3 is 2.09 bits per heavy atom. The number of aromatic carboxylic acids is 1. The first kappa shape index (κ1) is 16.0. The highest BCUT2D eigenvalue weighted by Gasteiger charge is 2.08. The predicted octanol–water partition coefficient (Wildman–Crippen LogP) is 4.12. The van der Waals surface area contributed by atoms with E-state index in [2.05, 4.69) is 10.6 Å². The van der Waals surface area contributed by atoms with Gasteiger partial charge in [-0.2, -0.15) is 0 Å². The van der Waals surface area contributed by atoms with Gasteiger partial charge in [-0.15, -0.1) is 0 Å². The lowest BCUT2D eigenvalue weighted by Gasteiger charge is -2.15. The Balaban J connectivity index is 2.17. The second kappa shape index (κ2) is 6.58. The van der Waals surface area contributed by atoms with Crippen LogP contribution in [0, 0.1) is 20.8 Å². The fraction of sp³-hybridized carbons (Fsp3) is 0.176. The summed E-state index contributed by atoms with van der Waals surface area (Å²) >= 11 is 5.32. The first-order valence-corrected chi connectivity index (χ1v) is 7.27. The standard InChI is InChI=1S/C17H18N2O2S/c1-10-4-5-11(2)14(8-10)18-17(22)19-15-9-13(16(20)21)7-6-12(15)3/h4-9H,1-3H3,(H,20,21)(H2,18,19,22). The molecular formula is C17H18N2O2S. The Labute approximate surface area is 135 Å². The van der Waals surface area contributed by atoms with Crippen LogP contribution in [0.5, 0.6) is 0 Å². The summed E-state index contributed by atoms with van der Waals surface area (Å²) in [4.78, 5) is 11.0. The van der Waals surface area contributed by atoms with E-state index in [4.69, 9.17) is 17.3 Å². The molecule has 5 heteroatoms. The summed E-state index contributed by atoms with van der Waals surface area (Å²) in [5, 5.41) is 15.7. The number of carboxylic acids is 1. The monoisotopic (exact) mass is 314 g/mol. The Bertz CT molecular complexity index is 741. The van der Waals surface area contributed by atoms with Crippen molar-refractivity contribution >= 4 is 34.7 Å². The molecule has 4 nitrogen and oxygen atoms in total. The molecule has 2 rings (SSSR count). The molecule has 0 aliphatic rings. The molecule has 0 aliphatic heterocycles. The summed E-state index contributed by atoms with van der Waals surface area (Å²) in [6.07, 6.45) is 0. The van der Waals surface area contributed by atoms with Crippen molar-refractivity contribution in [3.8, 4) is 0 Å². The van der Waals surface area contributed by atoms with E-state index < -0.39 is 5.97 Å². The second-order valence-corrected chi connectivity index (χ2v) is 5.64. The van der Waals surface area contributed by atoms with E-state index in [0.29, 0.717) is 10.8 Å². The van der Waals surface area contributed by atoms with Gasteiger partial charge in [0.15, 0.2) is 5.11 Å². The highest BCUT2D eigenvalue weighted by atomic mass is 32.1. The zero-order valence-corrected chi connectivity index (χ0v) is 13.5. The number of hydrogen-bond acceptors (Lipinski definition) is 2. The van der Waals surface area contributed by atoms with E-state index in [1.54, 1.807) is 18.2 Å². The maximum atomic E-state index is 11.0. The van der Waals surface area contributed by atoms with Crippen molar-refractivity contribution in [1.82, 2.24) is 0 Å². The number of carbonyl (C=O) groups is 1. The van der Waals surface area contributed by atoms with Crippen molar-refractivity contribution in [3.05, 3.63) is 58.7 Å². The predicted molar refractivity (Wildman–Crippen MR) is 93.9 cm³/mol. The molecule has 0 unspecified atom stereocenters. The molecule has 0 spiro atoms. The summed E-state index contributed by atoms with van der Waals surface area (Å²) in [6.45, 7) is 5.91. The zero-order chi connectivity index (χ0) is 16.3. The molecule has 3 N–H and O–H groups in total. The summed E-state index contributed by atoms with van der Waals surface area (Å²) < 4.78 is 0. The van der Waals surface area contributed by atoms with E-state index in [-0.39, 0.29) is 5.56 Å². The Morgan fingerprint density at radius 1 is 0.955 bits per heavy atom. The molecule has 0 atom stereocenters. The van der Waals surface area contributed by atoms with Crippen molar-refractivity contribution in [3.63, 3.8) is 0 Å². The van der Waals surface area contributed by atoms with Gasteiger partial charge in [0, 0.05) is 11.4 Å². The molecule has 114 valence electrons. The van der Waals surface area contributed by atoms with Gasteiger partial charge in [0.05, 0.1) is 5.56 Å². The molecule has 0 bridgehead atoms. The SMILES string of the molecule is Cc1ccc(C)c(NC(=S)Nc2cc(C(=O)O)ccc2C)c1. The molecule has 0 amide bonds. The molecule has 0 heterocycles. The number of thiocarbonyl (C=S) groups is 1. The van der Waals surface area contributed by atoms with Crippen molar-refractivity contribution in [1.29, 1.82) is 0 Å². The van der Waals surface area contributed by atoms with Crippen LogP contribution in [0.25, 0.3) is 0 Å².